The number of carbonyl (C=O) groups is 1. The lowest BCUT2D eigenvalue weighted by Crippen LogP contribution is -2.41. The molecule has 0 radical (unpaired) electrons. The van der Waals surface area contributed by atoms with Crippen LogP contribution in [-0.4, -0.2) is 36.9 Å². The molecule has 0 saturated heterocycles. The highest BCUT2D eigenvalue weighted by atomic mass is 16.5. The van der Waals surface area contributed by atoms with E-state index in [-0.39, 0.29) is 18.7 Å². The van der Waals surface area contributed by atoms with Crippen LogP contribution in [0, 0.1) is 0 Å². The minimum Gasteiger partial charge on any atom is -0.494 e. The van der Waals surface area contributed by atoms with Gasteiger partial charge in [-0.15, -0.1) is 0 Å². The summed E-state index contributed by atoms with van der Waals surface area (Å²) in [5.74, 6) is 0.867. The predicted octanol–water partition coefficient (Wildman–Crippen LogP) is 1.70. The number of hydrogen-bond donors (Lipinski definition) is 3. The minimum absolute atomic E-state index is 0.0317. The number of rotatable bonds is 8. The molecule has 0 fully saturated rings. The molecule has 0 aromatic heterocycles. The zero-order valence-electron chi connectivity index (χ0n) is 12.2. The lowest BCUT2D eigenvalue weighted by Gasteiger charge is -2.14. The maximum atomic E-state index is 11.6. The van der Waals surface area contributed by atoms with Crippen molar-refractivity contribution in [3.05, 3.63) is 29.8 Å². The molecule has 0 unspecified atom stereocenters. The second-order valence-electron chi connectivity index (χ2n) is 4.60. The Morgan fingerprint density at radius 1 is 1.40 bits per heavy atom. The molecule has 0 spiro atoms. The second-order valence-corrected chi connectivity index (χ2v) is 4.60. The molecule has 3 N–H and O–H groups in total. The Morgan fingerprint density at radius 3 is 2.85 bits per heavy atom. The molecule has 5 heteroatoms. The van der Waals surface area contributed by atoms with Crippen LogP contribution in [0.15, 0.2) is 24.3 Å². The maximum absolute atomic E-state index is 11.6. The Labute approximate surface area is 120 Å². The van der Waals surface area contributed by atoms with Gasteiger partial charge in [0.25, 0.3) is 0 Å². The number of aliphatic hydroxyl groups excluding tert-OH is 1. The molecule has 0 bridgehead atoms. The first kappa shape index (κ1) is 16.3. The third kappa shape index (κ3) is 5.93. The first-order valence-electron chi connectivity index (χ1n) is 7.03. The summed E-state index contributed by atoms with van der Waals surface area (Å²) in [6, 6.07) is 7.59. The molecule has 0 aliphatic carbocycles. The van der Waals surface area contributed by atoms with Gasteiger partial charge in [0.2, 0.25) is 0 Å². The van der Waals surface area contributed by atoms with Crippen molar-refractivity contribution in [2.24, 2.45) is 0 Å². The number of aliphatic hydroxyl groups is 1. The molecular formula is C15H24N2O3. The smallest absolute Gasteiger partial charge is 0.315 e. The van der Waals surface area contributed by atoms with Crippen LogP contribution in [0.1, 0.15) is 25.8 Å². The third-order valence-electron chi connectivity index (χ3n) is 2.89. The highest BCUT2D eigenvalue weighted by molar-refractivity contribution is 5.74. The number of para-hydroxylation sites is 1. The molecule has 20 heavy (non-hydrogen) atoms. The summed E-state index contributed by atoms with van der Waals surface area (Å²) in [6.07, 6.45) is 1.28. The fourth-order valence-corrected chi connectivity index (χ4v) is 1.86. The number of carbonyl (C=O) groups excluding carboxylic acids is 1. The number of urea groups is 1. The van der Waals surface area contributed by atoms with Gasteiger partial charge < -0.3 is 20.5 Å². The Kier molecular flexibility index (Phi) is 7.50. The van der Waals surface area contributed by atoms with E-state index in [2.05, 4.69) is 10.6 Å². The fourth-order valence-electron chi connectivity index (χ4n) is 1.86. The number of hydrogen-bond acceptors (Lipinski definition) is 3. The van der Waals surface area contributed by atoms with E-state index in [1.807, 2.05) is 38.1 Å². The minimum atomic E-state index is -0.208. The highest BCUT2D eigenvalue weighted by Crippen LogP contribution is 2.17. The lowest BCUT2D eigenvalue weighted by molar-refractivity contribution is 0.231. The molecule has 5 nitrogen and oxygen atoms in total. The van der Waals surface area contributed by atoms with Crippen molar-refractivity contribution in [1.82, 2.24) is 10.6 Å². The first-order valence-corrected chi connectivity index (χ1v) is 7.03. The zero-order chi connectivity index (χ0) is 14.8. The van der Waals surface area contributed by atoms with Gasteiger partial charge in [-0.2, -0.15) is 0 Å². The quantitative estimate of drug-likeness (QED) is 0.679. The van der Waals surface area contributed by atoms with Gasteiger partial charge in [-0.05, 0) is 38.3 Å². The highest BCUT2D eigenvalue weighted by Gasteiger charge is 2.07. The van der Waals surface area contributed by atoms with Crippen molar-refractivity contribution >= 4 is 6.03 Å². The van der Waals surface area contributed by atoms with Crippen molar-refractivity contribution in [3.63, 3.8) is 0 Å². The van der Waals surface area contributed by atoms with Crippen LogP contribution >= 0.6 is 0 Å². The van der Waals surface area contributed by atoms with E-state index in [4.69, 9.17) is 9.84 Å². The largest absolute Gasteiger partial charge is 0.494 e. The number of ether oxygens (including phenoxy) is 1. The molecule has 1 rings (SSSR count). The van der Waals surface area contributed by atoms with E-state index >= 15 is 0 Å². The summed E-state index contributed by atoms with van der Waals surface area (Å²) in [5, 5.41) is 14.3. The van der Waals surface area contributed by atoms with Crippen molar-refractivity contribution in [2.45, 2.75) is 32.7 Å². The summed E-state index contributed by atoms with van der Waals surface area (Å²) in [6.45, 7) is 5.06. The van der Waals surface area contributed by atoms with Gasteiger partial charge in [-0.1, -0.05) is 18.2 Å². The molecule has 0 aliphatic rings. The van der Waals surface area contributed by atoms with E-state index in [0.29, 0.717) is 19.6 Å². The second kappa shape index (κ2) is 9.20. The van der Waals surface area contributed by atoms with Crippen LogP contribution in [0.2, 0.25) is 0 Å². The first-order chi connectivity index (χ1) is 9.67. The van der Waals surface area contributed by atoms with Crippen molar-refractivity contribution < 1.29 is 14.6 Å². The molecule has 1 aromatic rings. The van der Waals surface area contributed by atoms with Crippen molar-refractivity contribution in [2.75, 3.05) is 19.8 Å². The van der Waals surface area contributed by atoms with Gasteiger partial charge in [0.1, 0.15) is 5.75 Å². The number of benzene rings is 1. The van der Waals surface area contributed by atoms with E-state index in [9.17, 15) is 4.79 Å². The van der Waals surface area contributed by atoms with E-state index in [1.54, 1.807) is 0 Å². The summed E-state index contributed by atoms with van der Waals surface area (Å²) in [4.78, 5) is 11.6. The van der Waals surface area contributed by atoms with Gasteiger partial charge in [0, 0.05) is 19.2 Å². The Bertz CT molecular complexity index is 410. The Balaban J connectivity index is 2.35. The Morgan fingerprint density at radius 2 is 2.15 bits per heavy atom. The van der Waals surface area contributed by atoms with Gasteiger partial charge in [0.05, 0.1) is 6.61 Å². The summed E-state index contributed by atoms with van der Waals surface area (Å²) < 4.78 is 5.53. The summed E-state index contributed by atoms with van der Waals surface area (Å²) in [7, 11) is 0. The average molecular weight is 280 g/mol. The average Bonchev–Trinajstić information content (AvgIpc) is 2.41. The Hall–Kier alpha value is -1.75. The molecule has 1 aromatic carbocycles. The number of nitrogens with one attached hydrogen (secondary N) is 2. The van der Waals surface area contributed by atoms with Crippen LogP contribution in [0.4, 0.5) is 4.79 Å². The van der Waals surface area contributed by atoms with Crippen LogP contribution in [-0.2, 0) is 6.42 Å². The van der Waals surface area contributed by atoms with Crippen LogP contribution < -0.4 is 15.4 Å². The lowest BCUT2D eigenvalue weighted by atomic mass is 10.1. The molecule has 112 valence electrons. The normalized spacial score (nSPS) is 11.8. The maximum Gasteiger partial charge on any atom is 0.315 e. The zero-order valence-corrected chi connectivity index (χ0v) is 12.2. The molecule has 1 atom stereocenters. The van der Waals surface area contributed by atoms with Crippen molar-refractivity contribution in [1.29, 1.82) is 0 Å². The molecular weight excluding hydrogens is 256 g/mol. The van der Waals surface area contributed by atoms with Gasteiger partial charge in [-0.3, -0.25) is 0 Å². The van der Waals surface area contributed by atoms with E-state index in [0.717, 1.165) is 17.7 Å². The molecule has 0 heterocycles. The summed E-state index contributed by atoms with van der Waals surface area (Å²) >= 11 is 0. The number of amides is 2. The fraction of sp³-hybridized carbons (Fsp3) is 0.533. The van der Waals surface area contributed by atoms with Crippen LogP contribution in [0.25, 0.3) is 0 Å². The van der Waals surface area contributed by atoms with Gasteiger partial charge in [0.15, 0.2) is 0 Å². The molecule has 0 saturated carbocycles. The monoisotopic (exact) mass is 280 g/mol. The van der Waals surface area contributed by atoms with Crippen LogP contribution in [0.5, 0.6) is 5.75 Å². The molecule has 2 amide bonds. The SMILES string of the molecule is CCOc1ccccc1CCNC(=O)N[C@H](C)CCO. The van der Waals surface area contributed by atoms with Gasteiger partial charge >= 0.3 is 6.03 Å². The molecule has 0 aliphatic heterocycles. The topological polar surface area (TPSA) is 70.6 Å². The predicted molar refractivity (Wildman–Crippen MR) is 79.0 cm³/mol. The van der Waals surface area contributed by atoms with E-state index < -0.39 is 0 Å². The van der Waals surface area contributed by atoms with Crippen LogP contribution in [0.3, 0.4) is 0 Å². The third-order valence-corrected chi connectivity index (χ3v) is 2.89. The van der Waals surface area contributed by atoms with E-state index in [1.165, 1.54) is 0 Å². The van der Waals surface area contributed by atoms with Crippen molar-refractivity contribution in [3.8, 4) is 5.75 Å². The standard InChI is InChI=1S/C15H24N2O3/c1-3-20-14-7-5-4-6-13(14)8-10-16-15(19)17-12(2)9-11-18/h4-7,12,18H,3,8-11H2,1-2H3,(H2,16,17,19)/t12-/m1/s1. The van der Waals surface area contributed by atoms with Gasteiger partial charge in [-0.25, -0.2) is 4.79 Å². The summed E-state index contributed by atoms with van der Waals surface area (Å²) in [5.41, 5.74) is 1.08.